The number of hydrogen-bond donors (Lipinski definition) is 0. The van der Waals surface area contributed by atoms with Gasteiger partial charge in [0.15, 0.2) is 24.5 Å². The molecule has 54 heavy (non-hydrogen) atoms. The van der Waals surface area contributed by atoms with Crippen LogP contribution in [0.15, 0.2) is 187 Å². The zero-order valence-corrected chi connectivity index (χ0v) is 32.5. The fourth-order valence-corrected chi connectivity index (χ4v) is 11.4. The van der Waals surface area contributed by atoms with Crippen molar-refractivity contribution in [2.24, 2.45) is 0 Å². The Balaban J connectivity index is 1.10. The van der Waals surface area contributed by atoms with E-state index in [4.69, 9.17) is 9.47 Å². The van der Waals surface area contributed by atoms with E-state index in [1.165, 1.54) is 24.5 Å². The summed E-state index contributed by atoms with van der Waals surface area (Å²) in [5.41, 5.74) is 4.02. The van der Waals surface area contributed by atoms with Crippen molar-refractivity contribution in [3.63, 3.8) is 0 Å². The van der Waals surface area contributed by atoms with Crippen LogP contribution in [-0.4, -0.2) is 11.9 Å². The summed E-state index contributed by atoms with van der Waals surface area (Å²) < 4.78 is 12.1. The fraction of sp³-hybridized carbons (Fsp3) is 0.125. The van der Waals surface area contributed by atoms with E-state index in [-0.39, 0.29) is 32.9 Å². The summed E-state index contributed by atoms with van der Waals surface area (Å²) in [6.45, 7) is 7.89. The predicted octanol–water partition coefficient (Wildman–Crippen LogP) is 11.7. The molecule has 0 aromatic heterocycles. The maximum absolute atomic E-state index is 13.6. The van der Waals surface area contributed by atoms with Crippen LogP contribution in [0, 0.1) is 27.7 Å². The highest BCUT2D eigenvalue weighted by molar-refractivity contribution is 8.00. The lowest BCUT2D eigenvalue weighted by Gasteiger charge is -2.16. The highest BCUT2D eigenvalue weighted by Gasteiger charge is 2.33. The highest BCUT2D eigenvalue weighted by Crippen LogP contribution is 2.38. The summed E-state index contributed by atoms with van der Waals surface area (Å²) in [6, 6.07) is 46.5. The van der Waals surface area contributed by atoms with Crippen LogP contribution in [0.25, 0.3) is 0 Å². The highest BCUT2D eigenvalue weighted by atomic mass is 32.2. The number of carbonyl (C=O) groups excluding carboxylic acids is 2. The summed E-state index contributed by atoms with van der Waals surface area (Å²) in [6.07, 6.45) is 8.63. The molecular formula is C48H42O4S2+2. The molecule has 4 nitrogen and oxygen atoms in total. The SMILES string of the molecule is Cc1cc([S+](C2=CC=CCC2)c2ccccc2)cc(C)c1OC(=O)c1cccc(C(=O)Oc2c(C)cc([S+](c3ccccc3)c3ccccc3)cc2C)c1. The van der Waals surface area contributed by atoms with Gasteiger partial charge in [-0.25, -0.2) is 9.59 Å². The average Bonchev–Trinajstić information content (AvgIpc) is 3.19. The van der Waals surface area contributed by atoms with E-state index in [2.05, 4.69) is 115 Å². The lowest BCUT2D eigenvalue weighted by atomic mass is 10.1. The van der Waals surface area contributed by atoms with E-state index in [0.717, 1.165) is 40.0 Å². The number of carbonyl (C=O) groups is 2. The molecular weight excluding hydrogens is 705 g/mol. The van der Waals surface area contributed by atoms with Crippen LogP contribution in [-0.2, 0) is 21.8 Å². The van der Waals surface area contributed by atoms with Gasteiger partial charge < -0.3 is 9.47 Å². The quantitative estimate of drug-likeness (QED) is 0.0796. The third kappa shape index (κ3) is 8.15. The van der Waals surface area contributed by atoms with Gasteiger partial charge in [0.05, 0.1) is 32.9 Å². The van der Waals surface area contributed by atoms with Crippen molar-refractivity contribution in [3.8, 4) is 11.5 Å². The van der Waals surface area contributed by atoms with Gasteiger partial charge in [0.25, 0.3) is 0 Å². The Morgan fingerprint density at radius 2 is 0.889 bits per heavy atom. The van der Waals surface area contributed by atoms with Crippen LogP contribution in [0.3, 0.4) is 0 Å². The third-order valence-corrected chi connectivity index (χ3v) is 13.7. The number of rotatable bonds is 10. The van der Waals surface area contributed by atoms with Crippen molar-refractivity contribution in [2.75, 3.05) is 0 Å². The number of aryl methyl sites for hydroxylation is 4. The summed E-state index contributed by atoms with van der Waals surface area (Å²) in [4.78, 5) is 34.6. The minimum Gasteiger partial charge on any atom is -0.422 e. The second-order valence-electron chi connectivity index (χ2n) is 13.3. The van der Waals surface area contributed by atoms with Crippen LogP contribution in [0.5, 0.6) is 11.5 Å². The Morgan fingerprint density at radius 1 is 0.481 bits per heavy atom. The van der Waals surface area contributed by atoms with Crippen LogP contribution >= 0.6 is 0 Å². The monoisotopic (exact) mass is 746 g/mol. The zero-order valence-electron chi connectivity index (χ0n) is 30.9. The molecule has 0 fully saturated rings. The number of esters is 2. The van der Waals surface area contributed by atoms with Crippen molar-refractivity contribution in [2.45, 2.75) is 65.0 Å². The first kappa shape index (κ1) is 36.8. The summed E-state index contributed by atoms with van der Waals surface area (Å²) >= 11 is 0. The standard InChI is InChI=1S/C48H42O4S2/c1-33-28-43(53(39-20-9-5-10-21-39)40-22-11-6-12-23-40)29-34(2)45(33)51-47(49)37-18-17-19-38(32-37)48(50)52-46-35(3)30-44(31-36(46)4)54(41-24-13-7-14-25-41)42-26-15-8-16-27-42/h5-15,17-26,28-32H,16,27H2,1-4H3/q+2. The topological polar surface area (TPSA) is 52.6 Å². The lowest BCUT2D eigenvalue weighted by Crippen LogP contribution is -2.15. The van der Waals surface area contributed by atoms with Crippen molar-refractivity contribution >= 4 is 33.7 Å². The molecule has 1 aliphatic carbocycles. The molecule has 0 bridgehead atoms. The molecule has 0 saturated heterocycles. The van der Waals surface area contributed by atoms with Crippen molar-refractivity contribution in [1.82, 2.24) is 0 Å². The van der Waals surface area contributed by atoms with Gasteiger partial charge in [-0.2, -0.15) is 0 Å². The second kappa shape index (κ2) is 16.6. The van der Waals surface area contributed by atoms with E-state index < -0.39 is 11.9 Å². The minimum atomic E-state index is -0.537. The van der Waals surface area contributed by atoms with Crippen LogP contribution in [0.1, 0.15) is 55.8 Å². The maximum Gasteiger partial charge on any atom is 0.343 e. The zero-order chi connectivity index (χ0) is 37.6. The van der Waals surface area contributed by atoms with Gasteiger partial charge in [-0.15, -0.1) is 0 Å². The molecule has 6 heteroatoms. The molecule has 1 aliphatic rings. The van der Waals surface area contributed by atoms with Gasteiger partial charge in [-0.05, 0) is 117 Å². The number of ether oxygens (including phenoxy) is 2. The average molecular weight is 747 g/mol. The molecule has 0 N–H and O–H groups in total. The molecule has 6 aromatic rings. The second-order valence-corrected chi connectivity index (χ2v) is 17.4. The number of hydrogen-bond acceptors (Lipinski definition) is 4. The molecule has 7 rings (SSSR count). The molecule has 0 radical (unpaired) electrons. The van der Waals surface area contributed by atoms with E-state index in [0.29, 0.717) is 11.5 Å². The smallest absolute Gasteiger partial charge is 0.343 e. The van der Waals surface area contributed by atoms with Crippen molar-refractivity contribution in [1.29, 1.82) is 0 Å². The van der Waals surface area contributed by atoms with E-state index in [1.807, 2.05) is 45.9 Å². The van der Waals surface area contributed by atoms with E-state index >= 15 is 0 Å². The van der Waals surface area contributed by atoms with Gasteiger partial charge in [0.2, 0.25) is 0 Å². The third-order valence-electron chi connectivity index (χ3n) is 9.24. The first-order valence-electron chi connectivity index (χ1n) is 18.0. The largest absolute Gasteiger partial charge is 0.422 e. The summed E-state index contributed by atoms with van der Waals surface area (Å²) in [7, 11) is -0.579. The molecule has 1 atom stereocenters. The first-order chi connectivity index (χ1) is 26.3. The molecule has 0 saturated carbocycles. The molecule has 0 heterocycles. The van der Waals surface area contributed by atoms with Crippen LogP contribution in [0.4, 0.5) is 0 Å². The fourth-order valence-electron chi connectivity index (χ4n) is 6.72. The Labute approximate surface area is 323 Å². The molecule has 268 valence electrons. The maximum atomic E-state index is 13.6. The van der Waals surface area contributed by atoms with Crippen LogP contribution < -0.4 is 9.47 Å². The number of benzene rings is 6. The predicted molar refractivity (Wildman–Crippen MR) is 220 cm³/mol. The molecule has 0 spiro atoms. The lowest BCUT2D eigenvalue weighted by molar-refractivity contribution is 0.0732. The van der Waals surface area contributed by atoms with E-state index in [1.54, 1.807) is 24.3 Å². The van der Waals surface area contributed by atoms with Crippen LogP contribution in [0.2, 0.25) is 0 Å². The van der Waals surface area contributed by atoms with Gasteiger partial charge in [0.1, 0.15) is 16.4 Å². The first-order valence-corrected chi connectivity index (χ1v) is 20.5. The van der Waals surface area contributed by atoms with Crippen molar-refractivity contribution in [3.05, 3.63) is 196 Å². The van der Waals surface area contributed by atoms with Gasteiger partial charge >= 0.3 is 11.9 Å². The Bertz CT molecular complexity index is 2280. The molecule has 0 aliphatic heterocycles. The minimum absolute atomic E-state index is 0.247. The Kier molecular flexibility index (Phi) is 11.3. The van der Waals surface area contributed by atoms with Crippen molar-refractivity contribution < 1.29 is 19.1 Å². The number of allylic oxidation sites excluding steroid dienone is 4. The molecule has 0 amide bonds. The summed E-state index contributed by atoms with van der Waals surface area (Å²) in [5, 5.41) is 0. The summed E-state index contributed by atoms with van der Waals surface area (Å²) in [5.74, 6) is -0.0221. The van der Waals surface area contributed by atoms with E-state index in [9.17, 15) is 9.59 Å². The Hall–Kier alpha value is -5.56. The molecule has 6 aromatic carbocycles. The normalized spacial score (nSPS) is 12.9. The van der Waals surface area contributed by atoms with Gasteiger partial charge in [0, 0.05) is 30.7 Å². The Morgan fingerprint density at radius 3 is 1.30 bits per heavy atom. The van der Waals surface area contributed by atoms with Gasteiger partial charge in [-0.3, -0.25) is 0 Å². The molecule has 1 unspecified atom stereocenters. The van der Waals surface area contributed by atoms with Gasteiger partial charge in [-0.1, -0.05) is 72.8 Å².